The molecule has 0 unspecified atom stereocenters. The fraction of sp³-hybridized carbons (Fsp3) is 0. The van der Waals surface area contributed by atoms with Crippen LogP contribution < -0.4 is 0 Å². The summed E-state index contributed by atoms with van der Waals surface area (Å²) in [4.78, 5) is 3.94. The molecule has 0 radical (unpaired) electrons. The fourth-order valence-electron chi connectivity index (χ4n) is 1.12. The predicted octanol–water partition coefficient (Wildman–Crippen LogP) is 2.04. The van der Waals surface area contributed by atoms with Gasteiger partial charge in [0, 0.05) is 5.56 Å². The number of oxazole rings is 1. The lowest BCUT2D eigenvalue weighted by Crippen LogP contribution is -1.80. The van der Waals surface area contributed by atoms with E-state index in [-0.39, 0.29) is 11.6 Å². The van der Waals surface area contributed by atoms with Crippen molar-refractivity contribution in [2.24, 2.45) is 0 Å². The SMILES string of the molecule is N=Cc1nc(-c2ccccc2)oc1O. The molecule has 0 fully saturated rings. The Morgan fingerprint density at radius 2 is 2.00 bits per heavy atom. The van der Waals surface area contributed by atoms with Gasteiger partial charge in [-0.2, -0.15) is 0 Å². The smallest absolute Gasteiger partial charge is 0.312 e. The Bertz CT molecular complexity index is 448. The first kappa shape index (κ1) is 8.50. The molecule has 0 amide bonds. The highest BCUT2D eigenvalue weighted by atomic mass is 16.5. The molecule has 4 nitrogen and oxygen atoms in total. The third kappa shape index (κ3) is 1.37. The molecule has 1 heterocycles. The quantitative estimate of drug-likeness (QED) is 0.708. The summed E-state index contributed by atoms with van der Waals surface area (Å²) in [5.74, 6) is 0.000420. The zero-order valence-corrected chi connectivity index (χ0v) is 7.27. The van der Waals surface area contributed by atoms with Crippen LogP contribution in [-0.4, -0.2) is 16.3 Å². The van der Waals surface area contributed by atoms with Gasteiger partial charge in [-0.1, -0.05) is 18.2 Å². The highest BCUT2D eigenvalue weighted by Crippen LogP contribution is 2.24. The van der Waals surface area contributed by atoms with E-state index in [1.165, 1.54) is 0 Å². The van der Waals surface area contributed by atoms with Crippen molar-refractivity contribution in [3.63, 3.8) is 0 Å². The Hall–Kier alpha value is -2.10. The summed E-state index contributed by atoms with van der Waals surface area (Å²) in [6.45, 7) is 0. The Labute approximate surface area is 80.3 Å². The van der Waals surface area contributed by atoms with Gasteiger partial charge in [-0.05, 0) is 12.1 Å². The maximum Gasteiger partial charge on any atom is 0.312 e. The maximum atomic E-state index is 9.21. The maximum absolute atomic E-state index is 9.21. The second-order valence-corrected chi connectivity index (χ2v) is 2.72. The van der Waals surface area contributed by atoms with Crippen LogP contribution >= 0.6 is 0 Å². The third-order valence-corrected chi connectivity index (χ3v) is 1.79. The number of hydrogen-bond acceptors (Lipinski definition) is 4. The van der Waals surface area contributed by atoms with E-state index in [1.807, 2.05) is 30.3 Å². The average molecular weight is 188 g/mol. The van der Waals surface area contributed by atoms with Crippen molar-refractivity contribution in [2.45, 2.75) is 0 Å². The summed E-state index contributed by atoms with van der Waals surface area (Å²) in [6.07, 6.45) is 0.950. The molecular weight excluding hydrogens is 180 g/mol. The first-order valence-electron chi connectivity index (χ1n) is 4.07. The predicted molar refractivity (Wildman–Crippen MR) is 51.5 cm³/mol. The molecule has 0 aliphatic rings. The minimum Gasteiger partial charge on any atom is -0.479 e. The topological polar surface area (TPSA) is 70.1 Å². The zero-order chi connectivity index (χ0) is 9.97. The van der Waals surface area contributed by atoms with E-state index < -0.39 is 0 Å². The number of aromatic hydroxyl groups is 1. The molecule has 70 valence electrons. The van der Waals surface area contributed by atoms with Crippen LogP contribution in [0, 0.1) is 5.41 Å². The van der Waals surface area contributed by atoms with E-state index in [0.29, 0.717) is 5.89 Å². The van der Waals surface area contributed by atoms with E-state index >= 15 is 0 Å². The first-order chi connectivity index (χ1) is 6.81. The number of hydrogen-bond donors (Lipinski definition) is 2. The minimum atomic E-state index is -0.321. The normalized spacial score (nSPS) is 10.0. The molecule has 0 bridgehead atoms. The van der Waals surface area contributed by atoms with Crippen LogP contribution in [0.2, 0.25) is 0 Å². The molecule has 0 atom stereocenters. The van der Waals surface area contributed by atoms with Crippen LogP contribution in [0.5, 0.6) is 5.95 Å². The van der Waals surface area contributed by atoms with E-state index in [4.69, 9.17) is 9.83 Å². The van der Waals surface area contributed by atoms with Gasteiger partial charge in [-0.3, -0.25) is 0 Å². The van der Waals surface area contributed by atoms with E-state index in [2.05, 4.69) is 4.98 Å². The molecule has 2 rings (SSSR count). The number of rotatable bonds is 2. The number of aromatic nitrogens is 1. The van der Waals surface area contributed by atoms with Crippen LogP contribution in [0.15, 0.2) is 34.7 Å². The van der Waals surface area contributed by atoms with Crippen molar-refractivity contribution < 1.29 is 9.52 Å². The van der Waals surface area contributed by atoms with Gasteiger partial charge in [0.05, 0.1) is 6.21 Å². The van der Waals surface area contributed by atoms with Crippen molar-refractivity contribution >= 4 is 6.21 Å². The molecular formula is C10H8N2O2. The van der Waals surface area contributed by atoms with Crippen molar-refractivity contribution in [1.29, 1.82) is 5.41 Å². The van der Waals surface area contributed by atoms with Crippen molar-refractivity contribution in [3.8, 4) is 17.4 Å². The van der Waals surface area contributed by atoms with Crippen LogP contribution in [0.1, 0.15) is 5.69 Å². The summed E-state index contributed by atoms with van der Waals surface area (Å²) in [6, 6.07) is 9.21. The van der Waals surface area contributed by atoms with E-state index in [9.17, 15) is 5.11 Å². The molecule has 1 aromatic carbocycles. The number of nitrogens with zero attached hydrogens (tertiary/aromatic N) is 1. The Morgan fingerprint density at radius 3 is 2.57 bits per heavy atom. The van der Waals surface area contributed by atoms with Crippen molar-refractivity contribution in [1.82, 2.24) is 4.98 Å². The molecule has 2 N–H and O–H groups in total. The van der Waals surface area contributed by atoms with Crippen molar-refractivity contribution in [3.05, 3.63) is 36.0 Å². The average Bonchev–Trinajstić information content (AvgIpc) is 2.61. The van der Waals surface area contributed by atoms with Crippen LogP contribution in [0.25, 0.3) is 11.5 Å². The fourth-order valence-corrected chi connectivity index (χ4v) is 1.12. The van der Waals surface area contributed by atoms with Gasteiger partial charge in [0.25, 0.3) is 0 Å². The highest BCUT2D eigenvalue weighted by molar-refractivity contribution is 5.78. The molecule has 0 aliphatic carbocycles. The Kier molecular flexibility index (Phi) is 2.02. The minimum absolute atomic E-state index is 0.142. The Morgan fingerprint density at radius 1 is 1.29 bits per heavy atom. The second-order valence-electron chi connectivity index (χ2n) is 2.72. The first-order valence-corrected chi connectivity index (χ1v) is 4.07. The second kappa shape index (κ2) is 3.33. The summed E-state index contributed by atoms with van der Waals surface area (Å²) in [7, 11) is 0. The van der Waals surface area contributed by atoms with Crippen LogP contribution in [0.4, 0.5) is 0 Å². The van der Waals surface area contributed by atoms with E-state index in [1.54, 1.807) is 0 Å². The van der Waals surface area contributed by atoms with Crippen molar-refractivity contribution in [2.75, 3.05) is 0 Å². The molecule has 0 saturated heterocycles. The molecule has 0 saturated carbocycles. The van der Waals surface area contributed by atoms with E-state index in [0.717, 1.165) is 11.8 Å². The Balaban J connectivity index is 2.48. The van der Waals surface area contributed by atoms with Gasteiger partial charge < -0.3 is 14.9 Å². The van der Waals surface area contributed by atoms with Crippen LogP contribution in [-0.2, 0) is 0 Å². The molecule has 2 aromatic rings. The summed E-state index contributed by atoms with van der Waals surface area (Å²) >= 11 is 0. The van der Waals surface area contributed by atoms with Gasteiger partial charge in [0.1, 0.15) is 0 Å². The van der Waals surface area contributed by atoms with Crippen LogP contribution in [0.3, 0.4) is 0 Å². The lowest BCUT2D eigenvalue weighted by atomic mass is 10.2. The standard InChI is InChI=1S/C10H8N2O2/c11-6-8-10(13)14-9(12-8)7-4-2-1-3-5-7/h1-6,11,13H. The highest BCUT2D eigenvalue weighted by Gasteiger charge is 2.10. The molecule has 0 spiro atoms. The zero-order valence-electron chi connectivity index (χ0n) is 7.27. The number of benzene rings is 1. The molecule has 0 aliphatic heterocycles. The molecule has 1 aromatic heterocycles. The molecule has 4 heteroatoms. The van der Waals surface area contributed by atoms with Gasteiger partial charge in [0.2, 0.25) is 5.89 Å². The van der Waals surface area contributed by atoms with Gasteiger partial charge in [-0.25, -0.2) is 4.98 Å². The molecule has 14 heavy (non-hydrogen) atoms. The summed E-state index contributed by atoms with van der Waals surface area (Å²) in [5.41, 5.74) is 0.916. The summed E-state index contributed by atoms with van der Waals surface area (Å²) < 4.78 is 4.98. The lowest BCUT2D eigenvalue weighted by molar-refractivity contribution is 0.337. The monoisotopic (exact) mass is 188 g/mol. The summed E-state index contributed by atoms with van der Waals surface area (Å²) in [5, 5.41) is 16.2. The van der Waals surface area contributed by atoms with Gasteiger partial charge in [0.15, 0.2) is 5.69 Å². The van der Waals surface area contributed by atoms with Gasteiger partial charge in [-0.15, -0.1) is 0 Å². The third-order valence-electron chi connectivity index (χ3n) is 1.79. The number of nitrogens with one attached hydrogen (secondary N) is 1. The van der Waals surface area contributed by atoms with Gasteiger partial charge >= 0.3 is 5.95 Å². The lowest BCUT2D eigenvalue weighted by Gasteiger charge is -1.91. The largest absolute Gasteiger partial charge is 0.479 e.